The summed E-state index contributed by atoms with van der Waals surface area (Å²) < 4.78 is 37.0. The molecule has 1 aromatic carbocycles. The van der Waals surface area contributed by atoms with Crippen molar-refractivity contribution < 1.29 is 18.0 Å². The SMILES string of the molecule is O=C1NCCNC1c1ccc(C(F)(F)F)cc1. The van der Waals surface area contributed by atoms with Crippen molar-refractivity contribution in [3.63, 3.8) is 0 Å². The van der Waals surface area contributed by atoms with E-state index in [1.807, 2.05) is 0 Å². The molecule has 1 heterocycles. The fraction of sp³-hybridized carbons (Fsp3) is 0.364. The number of amides is 1. The van der Waals surface area contributed by atoms with Crippen molar-refractivity contribution in [1.82, 2.24) is 10.6 Å². The highest BCUT2D eigenvalue weighted by molar-refractivity contribution is 5.83. The highest BCUT2D eigenvalue weighted by Gasteiger charge is 2.31. The molecule has 1 aliphatic rings. The zero-order valence-corrected chi connectivity index (χ0v) is 8.84. The third-order valence-electron chi connectivity index (χ3n) is 2.61. The van der Waals surface area contributed by atoms with E-state index in [9.17, 15) is 18.0 Å². The Labute approximate surface area is 96.0 Å². The van der Waals surface area contributed by atoms with Gasteiger partial charge in [-0.25, -0.2) is 0 Å². The van der Waals surface area contributed by atoms with Crippen molar-refractivity contribution in [2.24, 2.45) is 0 Å². The molecular weight excluding hydrogens is 233 g/mol. The van der Waals surface area contributed by atoms with E-state index in [0.717, 1.165) is 12.1 Å². The predicted molar refractivity (Wildman–Crippen MR) is 55.2 cm³/mol. The summed E-state index contributed by atoms with van der Waals surface area (Å²) in [6.45, 7) is 1.15. The minimum absolute atomic E-state index is 0.212. The van der Waals surface area contributed by atoms with E-state index in [-0.39, 0.29) is 5.91 Å². The molecule has 0 radical (unpaired) electrons. The van der Waals surface area contributed by atoms with Crippen LogP contribution in [0, 0.1) is 0 Å². The Bertz CT molecular complexity index is 414. The van der Waals surface area contributed by atoms with Crippen LogP contribution >= 0.6 is 0 Å². The number of carbonyl (C=O) groups excluding carboxylic acids is 1. The Hall–Kier alpha value is -1.56. The lowest BCUT2D eigenvalue weighted by Gasteiger charge is -2.23. The summed E-state index contributed by atoms with van der Waals surface area (Å²) in [5.41, 5.74) is -0.173. The predicted octanol–water partition coefficient (Wildman–Crippen LogP) is 1.47. The number of hydrogen-bond acceptors (Lipinski definition) is 2. The van der Waals surface area contributed by atoms with Crippen LogP contribution in [0.3, 0.4) is 0 Å². The average Bonchev–Trinajstić information content (AvgIpc) is 2.29. The molecule has 1 aliphatic heterocycles. The highest BCUT2D eigenvalue weighted by Crippen LogP contribution is 2.30. The lowest BCUT2D eigenvalue weighted by Crippen LogP contribution is -2.47. The first-order valence-electron chi connectivity index (χ1n) is 5.17. The van der Waals surface area contributed by atoms with Crippen LogP contribution in [-0.2, 0) is 11.0 Å². The van der Waals surface area contributed by atoms with Crippen LogP contribution in [0.1, 0.15) is 17.2 Å². The van der Waals surface area contributed by atoms with Gasteiger partial charge in [-0.2, -0.15) is 13.2 Å². The van der Waals surface area contributed by atoms with Gasteiger partial charge >= 0.3 is 6.18 Å². The molecule has 1 amide bonds. The second-order valence-corrected chi connectivity index (χ2v) is 3.80. The number of nitrogens with one attached hydrogen (secondary N) is 2. The zero-order chi connectivity index (χ0) is 12.5. The number of piperazine rings is 1. The van der Waals surface area contributed by atoms with Gasteiger partial charge < -0.3 is 10.6 Å². The van der Waals surface area contributed by atoms with Gasteiger partial charge in [-0.05, 0) is 17.7 Å². The molecule has 92 valence electrons. The number of rotatable bonds is 1. The van der Waals surface area contributed by atoms with Gasteiger partial charge in [0.2, 0.25) is 5.91 Å². The molecular formula is C11H11F3N2O. The van der Waals surface area contributed by atoms with E-state index < -0.39 is 17.8 Å². The molecule has 1 atom stereocenters. The number of hydrogen-bond donors (Lipinski definition) is 2. The standard InChI is InChI=1S/C11H11F3N2O/c12-11(13,14)8-3-1-7(2-4-8)9-10(17)16-6-5-15-9/h1-4,9,15H,5-6H2,(H,16,17). The Morgan fingerprint density at radius 1 is 1.12 bits per heavy atom. The topological polar surface area (TPSA) is 41.1 Å². The summed E-state index contributed by atoms with van der Waals surface area (Å²) >= 11 is 0. The van der Waals surface area contributed by atoms with Gasteiger partial charge in [0.15, 0.2) is 0 Å². The Morgan fingerprint density at radius 3 is 2.29 bits per heavy atom. The van der Waals surface area contributed by atoms with Crippen molar-refractivity contribution in [3.05, 3.63) is 35.4 Å². The molecule has 1 unspecified atom stereocenters. The smallest absolute Gasteiger partial charge is 0.353 e. The Kier molecular flexibility index (Phi) is 3.06. The maximum Gasteiger partial charge on any atom is 0.416 e. The van der Waals surface area contributed by atoms with Crippen molar-refractivity contribution in [1.29, 1.82) is 0 Å². The van der Waals surface area contributed by atoms with Crippen LogP contribution in [0.2, 0.25) is 0 Å². The van der Waals surface area contributed by atoms with E-state index >= 15 is 0 Å². The average molecular weight is 244 g/mol. The minimum atomic E-state index is -4.35. The molecule has 2 rings (SSSR count). The summed E-state index contributed by atoms with van der Waals surface area (Å²) in [5, 5.41) is 5.60. The first-order valence-corrected chi connectivity index (χ1v) is 5.17. The first kappa shape index (κ1) is 11.9. The summed E-state index contributed by atoms with van der Waals surface area (Å²) in [5.74, 6) is -0.212. The molecule has 0 aromatic heterocycles. The summed E-state index contributed by atoms with van der Waals surface area (Å²) in [4.78, 5) is 11.5. The number of benzene rings is 1. The van der Waals surface area contributed by atoms with Crippen LogP contribution in [0.15, 0.2) is 24.3 Å². The van der Waals surface area contributed by atoms with E-state index in [0.29, 0.717) is 18.7 Å². The molecule has 0 bridgehead atoms. The van der Waals surface area contributed by atoms with E-state index in [2.05, 4.69) is 10.6 Å². The largest absolute Gasteiger partial charge is 0.416 e. The van der Waals surface area contributed by atoms with E-state index in [4.69, 9.17) is 0 Å². The third kappa shape index (κ3) is 2.58. The maximum absolute atomic E-state index is 12.3. The number of halogens is 3. The second-order valence-electron chi connectivity index (χ2n) is 3.80. The first-order chi connectivity index (χ1) is 7.98. The molecule has 1 fully saturated rings. The molecule has 6 heteroatoms. The molecule has 3 nitrogen and oxygen atoms in total. The molecule has 2 N–H and O–H groups in total. The Morgan fingerprint density at radius 2 is 1.76 bits per heavy atom. The van der Waals surface area contributed by atoms with E-state index in [1.54, 1.807) is 0 Å². The van der Waals surface area contributed by atoms with Gasteiger partial charge in [0, 0.05) is 13.1 Å². The molecule has 1 aromatic rings. The summed E-state index contributed by atoms with van der Waals surface area (Å²) in [6, 6.07) is 4.06. The molecule has 0 saturated carbocycles. The van der Waals surface area contributed by atoms with Crippen LogP contribution < -0.4 is 10.6 Å². The highest BCUT2D eigenvalue weighted by atomic mass is 19.4. The summed E-state index contributed by atoms with van der Waals surface area (Å²) in [6.07, 6.45) is -4.35. The molecule has 17 heavy (non-hydrogen) atoms. The van der Waals surface area contributed by atoms with Crippen LogP contribution in [0.5, 0.6) is 0 Å². The molecule has 0 spiro atoms. The van der Waals surface area contributed by atoms with Gasteiger partial charge in [0.05, 0.1) is 5.56 Å². The van der Waals surface area contributed by atoms with Gasteiger partial charge in [0.25, 0.3) is 0 Å². The number of alkyl halides is 3. The van der Waals surface area contributed by atoms with Gasteiger partial charge in [-0.3, -0.25) is 4.79 Å². The second kappa shape index (κ2) is 4.37. The normalized spacial score (nSPS) is 21.1. The Balaban J connectivity index is 2.20. The van der Waals surface area contributed by atoms with Crippen molar-refractivity contribution in [3.8, 4) is 0 Å². The van der Waals surface area contributed by atoms with Crippen LogP contribution in [0.25, 0.3) is 0 Å². The van der Waals surface area contributed by atoms with Gasteiger partial charge in [-0.15, -0.1) is 0 Å². The van der Waals surface area contributed by atoms with E-state index in [1.165, 1.54) is 12.1 Å². The van der Waals surface area contributed by atoms with Crippen molar-refractivity contribution in [2.75, 3.05) is 13.1 Å². The molecule has 1 saturated heterocycles. The lowest BCUT2D eigenvalue weighted by molar-refractivity contribution is -0.137. The molecule has 0 aliphatic carbocycles. The maximum atomic E-state index is 12.3. The fourth-order valence-electron chi connectivity index (χ4n) is 1.73. The van der Waals surface area contributed by atoms with Crippen LogP contribution in [-0.4, -0.2) is 19.0 Å². The van der Waals surface area contributed by atoms with Crippen LogP contribution in [0.4, 0.5) is 13.2 Å². The van der Waals surface area contributed by atoms with Crippen molar-refractivity contribution >= 4 is 5.91 Å². The van der Waals surface area contributed by atoms with Gasteiger partial charge in [0.1, 0.15) is 6.04 Å². The van der Waals surface area contributed by atoms with Crippen molar-refractivity contribution in [2.45, 2.75) is 12.2 Å². The summed E-state index contributed by atoms with van der Waals surface area (Å²) in [7, 11) is 0. The van der Waals surface area contributed by atoms with Gasteiger partial charge in [-0.1, -0.05) is 12.1 Å². The fourth-order valence-corrected chi connectivity index (χ4v) is 1.73. The number of carbonyl (C=O) groups is 1. The third-order valence-corrected chi connectivity index (χ3v) is 2.61. The monoisotopic (exact) mass is 244 g/mol. The zero-order valence-electron chi connectivity index (χ0n) is 8.84. The minimum Gasteiger partial charge on any atom is -0.353 e. The lowest BCUT2D eigenvalue weighted by atomic mass is 10.0. The quantitative estimate of drug-likeness (QED) is 0.785.